The lowest BCUT2D eigenvalue weighted by atomic mass is 10.2. The molecule has 0 saturated carbocycles. The zero-order valence-corrected chi connectivity index (χ0v) is 13.2. The van der Waals surface area contributed by atoms with E-state index in [-0.39, 0.29) is 16.8 Å². The van der Waals surface area contributed by atoms with Crippen LogP contribution in [0, 0.1) is 9.39 Å². The number of rotatable bonds is 2. The second kappa shape index (κ2) is 6.76. The standard InChI is InChI=1S/C14H10FIN2OS/c15-10-4-6-12(7-5-10)17-14(20)18-13(19)9-2-1-3-11(16)8-9/h1-8H,(H2,17,18,19,20). The van der Waals surface area contributed by atoms with Crippen molar-refractivity contribution in [3.8, 4) is 0 Å². The first-order chi connectivity index (χ1) is 9.54. The van der Waals surface area contributed by atoms with Crippen LogP contribution >= 0.6 is 34.8 Å². The van der Waals surface area contributed by atoms with Crippen molar-refractivity contribution in [2.75, 3.05) is 5.32 Å². The molecule has 2 rings (SSSR count). The number of hydrogen-bond acceptors (Lipinski definition) is 2. The molecule has 102 valence electrons. The van der Waals surface area contributed by atoms with E-state index in [0.29, 0.717) is 11.3 Å². The predicted octanol–water partition coefficient (Wildman–Crippen LogP) is 3.56. The molecule has 3 nitrogen and oxygen atoms in total. The summed E-state index contributed by atoms with van der Waals surface area (Å²) in [5, 5.41) is 5.55. The van der Waals surface area contributed by atoms with Crippen molar-refractivity contribution in [3.63, 3.8) is 0 Å². The zero-order chi connectivity index (χ0) is 14.5. The first kappa shape index (κ1) is 14.9. The van der Waals surface area contributed by atoms with Gasteiger partial charge in [-0.05, 0) is 77.3 Å². The third kappa shape index (κ3) is 4.24. The van der Waals surface area contributed by atoms with Crippen molar-refractivity contribution in [1.82, 2.24) is 5.32 Å². The molecule has 2 N–H and O–H groups in total. The third-order valence-electron chi connectivity index (χ3n) is 2.42. The van der Waals surface area contributed by atoms with Crippen LogP contribution in [0.3, 0.4) is 0 Å². The zero-order valence-electron chi connectivity index (χ0n) is 10.2. The van der Waals surface area contributed by atoms with Crippen LogP contribution < -0.4 is 10.6 Å². The average molecular weight is 400 g/mol. The number of halogens is 2. The molecule has 0 unspecified atom stereocenters. The number of benzene rings is 2. The SMILES string of the molecule is O=C(NC(=S)Nc1ccc(F)cc1)c1cccc(I)c1. The number of carbonyl (C=O) groups excluding carboxylic acids is 1. The van der Waals surface area contributed by atoms with E-state index in [1.54, 1.807) is 30.3 Å². The minimum absolute atomic E-state index is 0.167. The van der Waals surface area contributed by atoms with Gasteiger partial charge >= 0.3 is 0 Å². The lowest BCUT2D eigenvalue weighted by molar-refractivity contribution is 0.0977. The van der Waals surface area contributed by atoms with E-state index in [1.165, 1.54) is 12.1 Å². The number of anilines is 1. The number of nitrogens with one attached hydrogen (secondary N) is 2. The Balaban J connectivity index is 1.97. The first-order valence-electron chi connectivity index (χ1n) is 5.68. The molecule has 1 amide bonds. The Bertz CT molecular complexity index is 646. The van der Waals surface area contributed by atoms with Gasteiger partial charge in [0.1, 0.15) is 5.82 Å². The molecule has 2 aromatic rings. The van der Waals surface area contributed by atoms with Crippen molar-refractivity contribution in [3.05, 3.63) is 63.5 Å². The maximum atomic E-state index is 12.8. The lowest BCUT2D eigenvalue weighted by Gasteiger charge is -2.09. The fourth-order valence-electron chi connectivity index (χ4n) is 1.50. The Morgan fingerprint density at radius 3 is 2.50 bits per heavy atom. The normalized spacial score (nSPS) is 9.90. The van der Waals surface area contributed by atoms with Crippen molar-refractivity contribution >= 4 is 51.5 Å². The van der Waals surface area contributed by atoms with Gasteiger partial charge in [-0.15, -0.1) is 0 Å². The summed E-state index contributed by atoms with van der Waals surface area (Å²) in [7, 11) is 0. The van der Waals surface area contributed by atoms with Gasteiger partial charge in [-0.25, -0.2) is 4.39 Å². The van der Waals surface area contributed by atoms with Crippen LogP contribution in [0.25, 0.3) is 0 Å². The molecule has 0 aliphatic heterocycles. The number of amides is 1. The summed E-state index contributed by atoms with van der Waals surface area (Å²) in [6.45, 7) is 0. The summed E-state index contributed by atoms with van der Waals surface area (Å²) in [5.41, 5.74) is 1.14. The van der Waals surface area contributed by atoms with Crippen molar-refractivity contribution in [1.29, 1.82) is 0 Å². The fraction of sp³-hybridized carbons (Fsp3) is 0. The Morgan fingerprint density at radius 1 is 1.15 bits per heavy atom. The highest BCUT2D eigenvalue weighted by molar-refractivity contribution is 14.1. The molecule has 6 heteroatoms. The van der Waals surface area contributed by atoms with E-state index in [9.17, 15) is 9.18 Å². The van der Waals surface area contributed by atoms with Crippen molar-refractivity contribution in [2.45, 2.75) is 0 Å². The van der Waals surface area contributed by atoms with E-state index >= 15 is 0 Å². The molecule has 0 aromatic heterocycles. The van der Waals surface area contributed by atoms with Gasteiger partial charge in [0.15, 0.2) is 5.11 Å². The van der Waals surface area contributed by atoms with Gasteiger partial charge in [-0.1, -0.05) is 6.07 Å². The highest BCUT2D eigenvalue weighted by Gasteiger charge is 2.08. The summed E-state index contributed by atoms with van der Waals surface area (Å²) < 4.78 is 13.7. The minimum atomic E-state index is -0.329. The van der Waals surface area contributed by atoms with Crippen LogP contribution in [-0.2, 0) is 0 Å². The fourth-order valence-corrected chi connectivity index (χ4v) is 2.25. The van der Waals surface area contributed by atoms with Crippen LogP contribution in [0.5, 0.6) is 0 Å². The van der Waals surface area contributed by atoms with Gasteiger partial charge < -0.3 is 5.32 Å². The highest BCUT2D eigenvalue weighted by atomic mass is 127. The maximum Gasteiger partial charge on any atom is 0.257 e. The lowest BCUT2D eigenvalue weighted by Crippen LogP contribution is -2.34. The van der Waals surface area contributed by atoms with E-state index in [4.69, 9.17) is 12.2 Å². The molecule has 0 bridgehead atoms. The van der Waals surface area contributed by atoms with Crippen LogP contribution in [0.4, 0.5) is 10.1 Å². The third-order valence-corrected chi connectivity index (χ3v) is 3.29. The summed E-state index contributed by atoms with van der Waals surface area (Å²) in [4.78, 5) is 11.9. The molecular formula is C14H10FIN2OS. The number of thiocarbonyl (C=S) groups is 1. The molecule has 20 heavy (non-hydrogen) atoms. The predicted molar refractivity (Wildman–Crippen MR) is 89.2 cm³/mol. The molecular weight excluding hydrogens is 390 g/mol. The molecule has 0 aliphatic carbocycles. The van der Waals surface area contributed by atoms with Gasteiger partial charge in [0.2, 0.25) is 0 Å². The molecule has 0 fully saturated rings. The second-order valence-electron chi connectivity index (χ2n) is 3.93. The first-order valence-corrected chi connectivity index (χ1v) is 7.17. The van der Waals surface area contributed by atoms with Crippen LogP contribution in [0.15, 0.2) is 48.5 Å². The van der Waals surface area contributed by atoms with Gasteiger partial charge in [0.25, 0.3) is 5.91 Å². The molecule has 0 radical (unpaired) electrons. The smallest absolute Gasteiger partial charge is 0.257 e. The van der Waals surface area contributed by atoms with E-state index in [1.807, 2.05) is 6.07 Å². The Kier molecular flexibility index (Phi) is 5.02. The Labute approximate surface area is 134 Å². The molecule has 0 aliphatic rings. The van der Waals surface area contributed by atoms with Crippen LogP contribution in [0.1, 0.15) is 10.4 Å². The second-order valence-corrected chi connectivity index (χ2v) is 5.58. The van der Waals surface area contributed by atoms with E-state index in [2.05, 4.69) is 33.2 Å². The summed E-state index contributed by atoms with van der Waals surface area (Å²) in [5.74, 6) is -0.618. The van der Waals surface area contributed by atoms with Crippen LogP contribution in [0.2, 0.25) is 0 Å². The van der Waals surface area contributed by atoms with Crippen molar-refractivity contribution in [2.24, 2.45) is 0 Å². The summed E-state index contributed by atoms with van der Waals surface area (Å²) >= 11 is 7.17. The van der Waals surface area contributed by atoms with E-state index < -0.39 is 0 Å². The van der Waals surface area contributed by atoms with E-state index in [0.717, 1.165) is 3.57 Å². The maximum absolute atomic E-state index is 12.8. The van der Waals surface area contributed by atoms with Gasteiger partial charge in [0.05, 0.1) is 0 Å². The molecule has 0 heterocycles. The van der Waals surface area contributed by atoms with Gasteiger partial charge in [-0.3, -0.25) is 10.1 Å². The van der Waals surface area contributed by atoms with Gasteiger partial charge in [0, 0.05) is 14.8 Å². The molecule has 2 aromatic carbocycles. The monoisotopic (exact) mass is 400 g/mol. The number of hydrogen-bond donors (Lipinski definition) is 2. The average Bonchev–Trinajstić information content (AvgIpc) is 2.41. The molecule has 0 saturated heterocycles. The topological polar surface area (TPSA) is 41.1 Å². The highest BCUT2D eigenvalue weighted by Crippen LogP contribution is 2.09. The minimum Gasteiger partial charge on any atom is -0.332 e. The Hall–Kier alpha value is -1.54. The molecule has 0 atom stereocenters. The largest absolute Gasteiger partial charge is 0.332 e. The van der Waals surface area contributed by atoms with Crippen molar-refractivity contribution < 1.29 is 9.18 Å². The van der Waals surface area contributed by atoms with Gasteiger partial charge in [-0.2, -0.15) is 0 Å². The Morgan fingerprint density at radius 2 is 1.85 bits per heavy atom. The summed E-state index contributed by atoms with van der Waals surface area (Å²) in [6.07, 6.45) is 0. The quantitative estimate of drug-likeness (QED) is 0.599. The number of carbonyl (C=O) groups is 1. The molecule has 0 spiro atoms. The van der Waals surface area contributed by atoms with Crippen LogP contribution in [-0.4, -0.2) is 11.0 Å². The summed E-state index contributed by atoms with van der Waals surface area (Å²) in [6, 6.07) is 12.9.